The molecule has 0 saturated carbocycles. The Hall–Kier alpha value is -7.02. The molecule has 0 aromatic heterocycles. The molecule has 12 rings (SSSR count). The van der Waals surface area contributed by atoms with Crippen LogP contribution in [0.15, 0.2) is 129 Å². The third-order valence-electron chi connectivity index (χ3n) is 10.6. The van der Waals surface area contributed by atoms with Crippen molar-refractivity contribution in [3.8, 4) is 34.1 Å². The number of amidine groups is 2. The normalized spacial score (nSPS) is 20.3. The van der Waals surface area contributed by atoms with Gasteiger partial charge in [0.15, 0.2) is 34.9 Å². The summed E-state index contributed by atoms with van der Waals surface area (Å²) in [5, 5.41) is 13.2. The Morgan fingerprint density at radius 3 is 2.58 bits per heavy atom. The lowest BCUT2D eigenvalue weighted by atomic mass is 9.84. The maximum atomic E-state index is 6.87. The highest BCUT2D eigenvalue weighted by molar-refractivity contribution is 6.28. The van der Waals surface area contributed by atoms with Crippen molar-refractivity contribution in [1.29, 1.82) is 0 Å². The Kier molecular flexibility index (Phi) is 6.50. The van der Waals surface area contributed by atoms with E-state index in [9.17, 15) is 0 Å². The van der Waals surface area contributed by atoms with Crippen LogP contribution in [0.5, 0.6) is 23.0 Å². The quantitative estimate of drug-likeness (QED) is 0.170. The number of benzene rings is 5. The molecule has 7 heterocycles. The molecular weight excluding hydrogens is 697 g/mol. The molecule has 55 heavy (non-hydrogen) atoms. The molecule has 0 spiro atoms. The van der Waals surface area contributed by atoms with Crippen molar-refractivity contribution < 1.29 is 29.0 Å². The van der Waals surface area contributed by atoms with Gasteiger partial charge >= 0.3 is 0 Å². The predicted molar refractivity (Wildman–Crippen MR) is 204 cm³/mol. The number of ether oxygens (including phenoxy) is 2. The molecular formula is C43H28N6O6. The molecule has 2 atom stereocenters. The minimum atomic E-state index is -0.751. The second-order valence-corrected chi connectivity index (χ2v) is 13.9. The molecule has 0 radical (unpaired) electrons. The average Bonchev–Trinajstić information content (AvgIpc) is 3.99. The summed E-state index contributed by atoms with van der Waals surface area (Å²) in [6.45, 7) is 1.48. The fraction of sp³-hybridized carbons (Fsp3) is 0.116. The summed E-state index contributed by atoms with van der Waals surface area (Å²) >= 11 is 0. The topological polar surface area (TPSA) is 111 Å². The van der Waals surface area contributed by atoms with Crippen LogP contribution in [-0.2, 0) is 29.5 Å². The summed E-state index contributed by atoms with van der Waals surface area (Å²) in [6, 6.07) is 30.2. The van der Waals surface area contributed by atoms with E-state index in [0.29, 0.717) is 42.7 Å². The van der Waals surface area contributed by atoms with E-state index < -0.39 is 12.4 Å². The van der Waals surface area contributed by atoms with Crippen molar-refractivity contribution in [2.45, 2.75) is 32.1 Å². The molecule has 0 aliphatic carbocycles. The first-order chi connectivity index (χ1) is 27.2. The third kappa shape index (κ3) is 4.78. The maximum absolute atomic E-state index is 6.87. The molecule has 0 N–H and O–H groups in total. The van der Waals surface area contributed by atoms with Gasteiger partial charge in [0.25, 0.3) is 6.29 Å². The Morgan fingerprint density at radius 1 is 0.691 bits per heavy atom. The highest BCUT2D eigenvalue weighted by atomic mass is 17.2. The van der Waals surface area contributed by atoms with Crippen LogP contribution in [0.4, 0.5) is 11.4 Å². The fourth-order valence-electron chi connectivity index (χ4n) is 8.05. The number of hydrazone groups is 2. The highest BCUT2D eigenvalue weighted by Gasteiger charge is 2.41. The molecule has 7 aliphatic heterocycles. The van der Waals surface area contributed by atoms with Crippen molar-refractivity contribution in [1.82, 2.24) is 10.0 Å². The van der Waals surface area contributed by atoms with Gasteiger partial charge in [-0.15, -0.1) is 0 Å². The molecule has 2 unspecified atom stereocenters. The van der Waals surface area contributed by atoms with E-state index in [1.54, 1.807) is 6.21 Å². The first-order valence-electron chi connectivity index (χ1n) is 18.0. The second kappa shape index (κ2) is 11.7. The van der Waals surface area contributed by atoms with E-state index in [-0.39, 0.29) is 0 Å². The Morgan fingerprint density at radius 2 is 1.58 bits per heavy atom. The first-order valence-corrected chi connectivity index (χ1v) is 18.0. The lowest BCUT2D eigenvalue weighted by Gasteiger charge is -2.31. The van der Waals surface area contributed by atoms with Crippen LogP contribution in [0, 0.1) is 0 Å². The molecule has 12 heteroatoms. The van der Waals surface area contributed by atoms with E-state index in [1.165, 1.54) is 0 Å². The lowest BCUT2D eigenvalue weighted by Crippen LogP contribution is -2.31. The number of hydrogen-bond donors (Lipinski definition) is 0. The van der Waals surface area contributed by atoms with Gasteiger partial charge in [-0.2, -0.15) is 20.0 Å². The van der Waals surface area contributed by atoms with Crippen LogP contribution in [0.25, 0.3) is 16.7 Å². The number of nitrogens with zero attached hydrogens (tertiary/aromatic N) is 6. The van der Waals surface area contributed by atoms with Crippen LogP contribution < -0.4 is 19.2 Å². The summed E-state index contributed by atoms with van der Waals surface area (Å²) in [4.78, 5) is 32.8. The van der Waals surface area contributed by atoms with Crippen LogP contribution in [0.2, 0.25) is 0 Å². The second-order valence-electron chi connectivity index (χ2n) is 13.9. The zero-order valence-corrected chi connectivity index (χ0v) is 29.0. The van der Waals surface area contributed by atoms with Gasteiger partial charge in [0.2, 0.25) is 0 Å². The molecule has 0 bridgehead atoms. The van der Waals surface area contributed by atoms with Gasteiger partial charge in [0, 0.05) is 45.8 Å². The monoisotopic (exact) mass is 724 g/mol. The van der Waals surface area contributed by atoms with Crippen molar-refractivity contribution >= 4 is 41.0 Å². The number of para-hydroxylation sites is 2. The average molecular weight is 725 g/mol. The van der Waals surface area contributed by atoms with E-state index in [0.717, 1.165) is 78.7 Å². The van der Waals surface area contributed by atoms with Crippen molar-refractivity contribution in [3.05, 3.63) is 148 Å². The standard InChI is InChI=1S/C43H28N6O6/c1-3-8-32-26(6-1)21-49-42(47-32)29(15-17-45-49)31-20-36-41(52-43(51-36)25-12-14-34-28(19-25)23-50-53-34)39(40-30-7-2-4-9-35(30)54-55-40)38(31)24-11-13-33-27(18-24)22-48-37(46-33)10-5-16-44-48/h1-20,40,43H,21-23H2. The molecule has 0 saturated heterocycles. The number of allylic oxidation sites excluding steroid dienone is 2. The lowest BCUT2D eigenvalue weighted by molar-refractivity contribution is -0.212. The zero-order valence-electron chi connectivity index (χ0n) is 29.0. The van der Waals surface area contributed by atoms with Gasteiger partial charge in [0.1, 0.15) is 12.4 Å². The summed E-state index contributed by atoms with van der Waals surface area (Å²) in [5.41, 5.74) is 10.8. The third-order valence-corrected chi connectivity index (χ3v) is 10.6. The first kappa shape index (κ1) is 30.4. The van der Waals surface area contributed by atoms with Gasteiger partial charge in [-0.1, -0.05) is 42.5 Å². The number of hydrogen-bond acceptors (Lipinski definition) is 12. The molecule has 7 aliphatic rings. The van der Waals surface area contributed by atoms with Gasteiger partial charge < -0.3 is 19.2 Å². The molecule has 0 fully saturated rings. The Labute approximate surface area is 314 Å². The van der Waals surface area contributed by atoms with Gasteiger partial charge in [-0.25, -0.2) is 20.0 Å². The summed E-state index contributed by atoms with van der Waals surface area (Å²) in [6.07, 6.45) is 8.06. The smallest absolute Gasteiger partial charge is 0.268 e. The van der Waals surface area contributed by atoms with Gasteiger partial charge in [0.05, 0.1) is 24.5 Å². The predicted octanol–water partition coefficient (Wildman–Crippen LogP) is 8.39. The zero-order chi connectivity index (χ0) is 36.0. The largest absolute Gasteiger partial charge is 0.447 e. The highest BCUT2D eigenvalue weighted by Crippen LogP contribution is 2.56. The van der Waals surface area contributed by atoms with Crippen LogP contribution in [0.1, 0.15) is 51.3 Å². The van der Waals surface area contributed by atoms with E-state index in [4.69, 9.17) is 44.1 Å². The van der Waals surface area contributed by atoms with Crippen molar-refractivity contribution in [2.24, 2.45) is 20.2 Å². The molecule has 12 nitrogen and oxygen atoms in total. The Bertz CT molecular complexity index is 2700. The fourth-order valence-corrected chi connectivity index (χ4v) is 8.05. The minimum Gasteiger partial charge on any atom is -0.447 e. The van der Waals surface area contributed by atoms with E-state index >= 15 is 0 Å². The molecule has 5 aromatic carbocycles. The molecule has 266 valence electrons. The SMILES string of the molecule is C1=CC2=Nc3ccc(-c4c(C5=CC=NN6Cc7ccccc7N=C56)cc5c(c4C4OOc6ccccc64)OC(c4ccc6c(c4)COO6)O5)cc3CN2N=C1. The maximum Gasteiger partial charge on any atom is 0.268 e. The minimum absolute atomic E-state index is 0.340. The summed E-state index contributed by atoms with van der Waals surface area (Å²) in [7, 11) is 0. The Balaban J connectivity index is 1.10. The van der Waals surface area contributed by atoms with E-state index in [2.05, 4.69) is 35.4 Å². The summed E-state index contributed by atoms with van der Waals surface area (Å²) < 4.78 is 13.6. The summed E-state index contributed by atoms with van der Waals surface area (Å²) in [5.74, 6) is 3.97. The van der Waals surface area contributed by atoms with Crippen molar-refractivity contribution in [3.63, 3.8) is 0 Å². The van der Waals surface area contributed by atoms with Gasteiger partial charge in [-0.3, -0.25) is 0 Å². The number of aliphatic imine (C=N–C) groups is 2. The number of rotatable bonds is 4. The van der Waals surface area contributed by atoms with Crippen LogP contribution in [0.3, 0.4) is 0 Å². The van der Waals surface area contributed by atoms with E-state index in [1.807, 2.05) is 95.1 Å². The van der Waals surface area contributed by atoms with Crippen LogP contribution >= 0.6 is 0 Å². The van der Waals surface area contributed by atoms with Crippen molar-refractivity contribution in [2.75, 3.05) is 0 Å². The van der Waals surface area contributed by atoms with Crippen LogP contribution in [-0.4, -0.2) is 34.1 Å². The molecule has 0 amide bonds. The van der Waals surface area contributed by atoms with Gasteiger partial charge in [-0.05, 0) is 89.0 Å². The molecule has 5 aromatic rings. The number of fused-ring (bicyclic) bond motifs is 7.